The average Bonchev–Trinajstić information content (AvgIpc) is 2.80. The number of anilines is 1. The van der Waals surface area contributed by atoms with Gasteiger partial charge in [-0.3, -0.25) is 4.68 Å². The number of nitrogen functional groups attached to an aromatic ring is 1. The summed E-state index contributed by atoms with van der Waals surface area (Å²) in [6.07, 6.45) is 4.20. The smallest absolute Gasteiger partial charge is 0.131 e. The summed E-state index contributed by atoms with van der Waals surface area (Å²) < 4.78 is 3.97. The molecule has 0 aliphatic carbocycles. The fraction of sp³-hybridized carbons (Fsp3) is 0.538. The van der Waals surface area contributed by atoms with E-state index in [0.717, 1.165) is 41.6 Å². The van der Waals surface area contributed by atoms with E-state index in [2.05, 4.69) is 16.6 Å². The lowest BCUT2D eigenvalue weighted by atomic mass is 10.0. The Morgan fingerprint density at radius 2 is 2.22 bits per heavy atom. The monoisotopic (exact) mass is 245 g/mol. The van der Waals surface area contributed by atoms with Gasteiger partial charge in [0.2, 0.25) is 0 Å². The van der Waals surface area contributed by atoms with Crippen molar-refractivity contribution in [3.05, 3.63) is 17.7 Å². The zero-order valence-electron chi connectivity index (χ0n) is 11.1. The summed E-state index contributed by atoms with van der Waals surface area (Å²) in [5, 5.41) is 4.36. The first kappa shape index (κ1) is 11.3. The molecule has 3 rings (SSSR count). The molecule has 0 radical (unpaired) electrons. The maximum Gasteiger partial charge on any atom is 0.131 e. The summed E-state index contributed by atoms with van der Waals surface area (Å²) in [7, 11) is 1.92. The third-order valence-corrected chi connectivity index (χ3v) is 3.71. The third kappa shape index (κ3) is 1.62. The van der Waals surface area contributed by atoms with Crippen LogP contribution in [0.25, 0.3) is 11.3 Å². The summed E-state index contributed by atoms with van der Waals surface area (Å²) >= 11 is 0. The Kier molecular flexibility index (Phi) is 2.43. The molecule has 1 unspecified atom stereocenters. The molecule has 0 saturated heterocycles. The fourth-order valence-corrected chi connectivity index (χ4v) is 2.72. The molecule has 1 aliphatic rings. The van der Waals surface area contributed by atoms with E-state index >= 15 is 0 Å². The van der Waals surface area contributed by atoms with Gasteiger partial charge in [-0.25, -0.2) is 4.98 Å². The summed E-state index contributed by atoms with van der Waals surface area (Å²) in [5.74, 6) is 2.58. The normalized spacial score (nSPS) is 18.9. The molecule has 0 fully saturated rings. The second-order valence-electron chi connectivity index (χ2n) is 5.32. The van der Waals surface area contributed by atoms with Gasteiger partial charge in [-0.2, -0.15) is 5.10 Å². The van der Waals surface area contributed by atoms with Gasteiger partial charge in [-0.1, -0.05) is 6.92 Å². The number of hydrogen-bond acceptors (Lipinski definition) is 3. The van der Waals surface area contributed by atoms with E-state index in [4.69, 9.17) is 10.7 Å². The van der Waals surface area contributed by atoms with Crippen molar-refractivity contribution >= 4 is 5.82 Å². The van der Waals surface area contributed by atoms with E-state index in [9.17, 15) is 0 Å². The van der Waals surface area contributed by atoms with Crippen molar-refractivity contribution in [2.45, 2.75) is 33.2 Å². The highest BCUT2D eigenvalue weighted by Crippen LogP contribution is 2.32. The highest BCUT2D eigenvalue weighted by Gasteiger charge is 2.23. The first-order valence-electron chi connectivity index (χ1n) is 6.41. The molecule has 0 aromatic carbocycles. The average molecular weight is 245 g/mol. The number of nitrogens with zero attached hydrogens (tertiary/aromatic N) is 4. The highest BCUT2D eigenvalue weighted by molar-refractivity contribution is 5.72. The van der Waals surface area contributed by atoms with Gasteiger partial charge in [0, 0.05) is 31.8 Å². The minimum absolute atomic E-state index is 0.678. The van der Waals surface area contributed by atoms with Gasteiger partial charge in [0.25, 0.3) is 0 Å². The molecule has 1 atom stereocenters. The summed E-state index contributed by atoms with van der Waals surface area (Å²) in [4.78, 5) is 4.71. The molecule has 0 bridgehead atoms. The number of aryl methyl sites for hydroxylation is 3. The Bertz CT molecular complexity index is 593. The zero-order chi connectivity index (χ0) is 12.9. The molecule has 0 saturated carbocycles. The zero-order valence-corrected chi connectivity index (χ0v) is 11.1. The first-order chi connectivity index (χ1) is 8.56. The topological polar surface area (TPSA) is 61.7 Å². The van der Waals surface area contributed by atoms with Crippen molar-refractivity contribution in [2.24, 2.45) is 13.0 Å². The van der Waals surface area contributed by atoms with Gasteiger partial charge in [-0.05, 0) is 19.3 Å². The molecule has 2 N–H and O–H groups in total. The molecule has 5 nitrogen and oxygen atoms in total. The van der Waals surface area contributed by atoms with Crippen LogP contribution in [0, 0.1) is 12.8 Å². The van der Waals surface area contributed by atoms with Crippen LogP contribution in [0.4, 0.5) is 5.82 Å². The maximum atomic E-state index is 6.26. The lowest BCUT2D eigenvalue weighted by Gasteiger charge is -2.20. The van der Waals surface area contributed by atoms with Gasteiger partial charge < -0.3 is 10.3 Å². The highest BCUT2D eigenvalue weighted by atomic mass is 15.3. The number of fused-ring (bicyclic) bond motifs is 1. The Balaban J connectivity index is 2.12. The van der Waals surface area contributed by atoms with Crippen LogP contribution in [-0.2, 0) is 20.0 Å². The van der Waals surface area contributed by atoms with Crippen LogP contribution in [0.15, 0.2) is 6.20 Å². The molecule has 96 valence electrons. The third-order valence-electron chi connectivity index (χ3n) is 3.71. The van der Waals surface area contributed by atoms with E-state index in [1.807, 2.05) is 24.9 Å². The van der Waals surface area contributed by atoms with Crippen molar-refractivity contribution in [1.29, 1.82) is 0 Å². The predicted molar refractivity (Wildman–Crippen MR) is 71.1 cm³/mol. The standard InChI is InChI=1S/C13H19N5/c1-8-4-5-11-15-12(13(14)18(11)6-8)10-7-17(3)16-9(10)2/h7-8H,4-6,14H2,1-3H3. The molecule has 2 aromatic heterocycles. The fourth-order valence-electron chi connectivity index (χ4n) is 2.72. The second-order valence-corrected chi connectivity index (χ2v) is 5.32. The molecular formula is C13H19N5. The number of imidazole rings is 1. The Labute approximate surface area is 107 Å². The first-order valence-corrected chi connectivity index (χ1v) is 6.41. The Morgan fingerprint density at radius 3 is 2.89 bits per heavy atom. The van der Waals surface area contributed by atoms with Gasteiger partial charge in [0.1, 0.15) is 17.3 Å². The molecular weight excluding hydrogens is 226 g/mol. The van der Waals surface area contributed by atoms with Crippen molar-refractivity contribution in [2.75, 3.05) is 5.73 Å². The van der Waals surface area contributed by atoms with Crippen LogP contribution in [0.3, 0.4) is 0 Å². The molecule has 1 aliphatic heterocycles. The van der Waals surface area contributed by atoms with E-state index in [-0.39, 0.29) is 0 Å². The maximum absolute atomic E-state index is 6.26. The van der Waals surface area contributed by atoms with Crippen LogP contribution in [0.5, 0.6) is 0 Å². The van der Waals surface area contributed by atoms with Crippen LogP contribution >= 0.6 is 0 Å². The van der Waals surface area contributed by atoms with Crippen molar-refractivity contribution in [1.82, 2.24) is 19.3 Å². The lowest BCUT2D eigenvalue weighted by Crippen LogP contribution is -2.19. The minimum Gasteiger partial charge on any atom is -0.383 e. The Hall–Kier alpha value is -1.78. The largest absolute Gasteiger partial charge is 0.383 e. The summed E-state index contributed by atoms with van der Waals surface area (Å²) in [5.41, 5.74) is 9.18. The lowest BCUT2D eigenvalue weighted by molar-refractivity contribution is 0.397. The molecule has 0 spiro atoms. The molecule has 18 heavy (non-hydrogen) atoms. The van der Waals surface area contributed by atoms with Gasteiger partial charge in [-0.15, -0.1) is 0 Å². The number of hydrogen-bond donors (Lipinski definition) is 1. The van der Waals surface area contributed by atoms with E-state index < -0.39 is 0 Å². The molecule has 5 heteroatoms. The SMILES string of the molecule is Cc1nn(C)cc1-c1nc2n(c1N)CC(C)CC2. The quantitative estimate of drug-likeness (QED) is 0.832. The second kappa shape index (κ2) is 3.86. The van der Waals surface area contributed by atoms with Crippen molar-refractivity contribution < 1.29 is 0 Å². The van der Waals surface area contributed by atoms with Gasteiger partial charge in [0.15, 0.2) is 0 Å². The number of aromatic nitrogens is 4. The van der Waals surface area contributed by atoms with Crippen molar-refractivity contribution in [3.63, 3.8) is 0 Å². The predicted octanol–water partition coefficient (Wildman–Crippen LogP) is 1.76. The van der Waals surface area contributed by atoms with Gasteiger partial charge in [0.05, 0.1) is 5.69 Å². The van der Waals surface area contributed by atoms with Crippen LogP contribution in [0.1, 0.15) is 24.9 Å². The molecule has 0 amide bonds. The van der Waals surface area contributed by atoms with Crippen LogP contribution < -0.4 is 5.73 Å². The van der Waals surface area contributed by atoms with Crippen LogP contribution in [0.2, 0.25) is 0 Å². The number of rotatable bonds is 1. The van der Waals surface area contributed by atoms with E-state index in [1.165, 1.54) is 6.42 Å². The molecule has 3 heterocycles. The Morgan fingerprint density at radius 1 is 1.44 bits per heavy atom. The summed E-state index contributed by atoms with van der Waals surface area (Å²) in [6, 6.07) is 0. The van der Waals surface area contributed by atoms with E-state index in [1.54, 1.807) is 0 Å². The summed E-state index contributed by atoms with van der Waals surface area (Å²) in [6.45, 7) is 5.24. The number of nitrogens with two attached hydrogens (primary N) is 1. The molecule has 2 aromatic rings. The van der Waals surface area contributed by atoms with Crippen LogP contribution in [-0.4, -0.2) is 19.3 Å². The van der Waals surface area contributed by atoms with E-state index in [0.29, 0.717) is 5.92 Å². The minimum atomic E-state index is 0.678. The van der Waals surface area contributed by atoms with Gasteiger partial charge >= 0.3 is 0 Å². The van der Waals surface area contributed by atoms with Crippen molar-refractivity contribution in [3.8, 4) is 11.3 Å².